The third kappa shape index (κ3) is 3.08. The second-order valence-electron chi connectivity index (χ2n) is 6.56. The van der Waals surface area contributed by atoms with Gasteiger partial charge in [-0.1, -0.05) is 29.8 Å². The molecule has 4 rings (SSSR count). The Labute approximate surface area is 168 Å². The van der Waals surface area contributed by atoms with Gasteiger partial charge >= 0.3 is 0 Å². The number of ether oxygens (including phenoxy) is 2. The molecule has 5 nitrogen and oxygen atoms in total. The van der Waals surface area contributed by atoms with Crippen LogP contribution in [0.1, 0.15) is 11.4 Å². The fourth-order valence-corrected chi connectivity index (χ4v) is 3.53. The van der Waals surface area contributed by atoms with E-state index >= 15 is 0 Å². The minimum atomic E-state index is 0.671. The zero-order valence-electron chi connectivity index (χ0n) is 16.2. The van der Waals surface area contributed by atoms with Crippen LogP contribution < -0.4 is 9.47 Å². The highest BCUT2D eigenvalue weighted by Gasteiger charge is 2.18. The maximum absolute atomic E-state index is 6.05. The number of aromatic nitrogens is 3. The van der Waals surface area contributed by atoms with E-state index in [-0.39, 0.29) is 0 Å². The fraction of sp³-hybridized carbons (Fsp3) is 0.182. The summed E-state index contributed by atoms with van der Waals surface area (Å²) in [7, 11) is 3.26. The van der Waals surface area contributed by atoms with Crippen molar-refractivity contribution in [2.75, 3.05) is 14.2 Å². The van der Waals surface area contributed by atoms with Crippen LogP contribution in [0.15, 0.2) is 48.5 Å². The quantitative estimate of drug-likeness (QED) is 0.469. The molecule has 0 unspecified atom stereocenters. The normalized spacial score (nSPS) is 11.0. The number of benzene rings is 2. The van der Waals surface area contributed by atoms with Gasteiger partial charge in [0, 0.05) is 21.8 Å². The number of methoxy groups -OCH3 is 2. The molecule has 0 bridgehead atoms. The summed E-state index contributed by atoms with van der Waals surface area (Å²) in [4.78, 5) is 4.78. The van der Waals surface area contributed by atoms with Crippen LogP contribution in [0.25, 0.3) is 28.0 Å². The third-order valence-electron chi connectivity index (χ3n) is 4.70. The van der Waals surface area contributed by atoms with Gasteiger partial charge in [0.1, 0.15) is 0 Å². The average Bonchev–Trinajstić information content (AvgIpc) is 3.03. The Bertz CT molecular complexity index is 1170. The summed E-state index contributed by atoms with van der Waals surface area (Å²) >= 11 is 6.05. The number of halogens is 1. The van der Waals surface area contributed by atoms with Crippen LogP contribution >= 0.6 is 11.6 Å². The van der Waals surface area contributed by atoms with E-state index in [0.717, 1.165) is 39.4 Å². The lowest BCUT2D eigenvalue weighted by molar-refractivity contribution is 0.355. The summed E-state index contributed by atoms with van der Waals surface area (Å²) in [5.41, 5.74) is 6.55. The molecular formula is C22H20ClN3O2. The highest BCUT2D eigenvalue weighted by Crippen LogP contribution is 2.36. The van der Waals surface area contributed by atoms with Gasteiger partial charge in [0.05, 0.1) is 25.6 Å². The summed E-state index contributed by atoms with van der Waals surface area (Å²) in [5.74, 6) is 1.36. The van der Waals surface area contributed by atoms with E-state index in [1.165, 1.54) is 0 Å². The lowest BCUT2D eigenvalue weighted by atomic mass is 10.1. The van der Waals surface area contributed by atoms with Crippen molar-refractivity contribution in [2.24, 2.45) is 0 Å². The van der Waals surface area contributed by atoms with Gasteiger partial charge in [0.25, 0.3) is 0 Å². The number of hydrogen-bond donors (Lipinski definition) is 0. The Morgan fingerprint density at radius 1 is 0.857 bits per heavy atom. The Hall–Kier alpha value is -3.05. The molecule has 4 aromatic rings. The summed E-state index contributed by atoms with van der Waals surface area (Å²) in [6, 6.07) is 15.6. The van der Waals surface area contributed by atoms with Gasteiger partial charge in [-0.15, -0.1) is 0 Å². The SMILES string of the molecule is COc1ccc(-c2c(C)nn3c(-c4ccc(Cl)cc4)cc(C)nc23)cc1OC. The largest absolute Gasteiger partial charge is 0.493 e. The zero-order valence-corrected chi connectivity index (χ0v) is 16.9. The molecule has 2 aromatic carbocycles. The lowest BCUT2D eigenvalue weighted by Gasteiger charge is -2.10. The first-order chi connectivity index (χ1) is 13.5. The Balaban J connectivity index is 1.97. The van der Waals surface area contributed by atoms with Crippen molar-refractivity contribution in [3.05, 3.63) is 64.9 Å². The molecule has 6 heteroatoms. The van der Waals surface area contributed by atoms with Crippen LogP contribution in [0, 0.1) is 13.8 Å². The van der Waals surface area contributed by atoms with Crippen molar-refractivity contribution in [3.63, 3.8) is 0 Å². The maximum atomic E-state index is 6.05. The van der Waals surface area contributed by atoms with Crippen molar-refractivity contribution < 1.29 is 9.47 Å². The molecule has 2 aromatic heterocycles. The molecule has 0 spiro atoms. The van der Waals surface area contributed by atoms with Gasteiger partial charge in [0.15, 0.2) is 17.1 Å². The molecule has 0 aliphatic heterocycles. The third-order valence-corrected chi connectivity index (χ3v) is 4.96. The van der Waals surface area contributed by atoms with Crippen LogP contribution in [0.3, 0.4) is 0 Å². The van der Waals surface area contributed by atoms with Gasteiger partial charge in [-0.25, -0.2) is 9.50 Å². The number of rotatable bonds is 4. The van der Waals surface area contributed by atoms with Crippen LogP contribution in [0.2, 0.25) is 5.02 Å². The van der Waals surface area contributed by atoms with Gasteiger partial charge in [0.2, 0.25) is 0 Å². The molecule has 0 aliphatic rings. The van der Waals surface area contributed by atoms with E-state index in [9.17, 15) is 0 Å². The summed E-state index contributed by atoms with van der Waals surface area (Å²) in [5, 5.41) is 5.48. The second-order valence-corrected chi connectivity index (χ2v) is 6.99. The molecule has 0 radical (unpaired) electrons. The predicted molar refractivity (Wildman–Crippen MR) is 111 cm³/mol. The van der Waals surface area contributed by atoms with Crippen LogP contribution in [0.5, 0.6) is 11.5 Å². The molecule has 28 heavy (non-hydrogen) atoms. The molecule has 0 aliphatic carbocycles. The fourth-order valence-electron chi connectivity index (χ4n) is 3.40. The molecule has 0 amide bonds. The van der Waals surface area contributed by atoms with Crippen molar-refractivity contribution >= 4 is 17.2 Å². The molecule has 0 saturated heterocycles. The number of nitrogens with zero attached hydrogens (tertiary/aromatic N) is 3. The summed E-state index contributed by atoms with van der Waals surface area (Å²) in [6.45, 7) is 3.97. The molecule has 0 atom stereocenters. The molecule has 0 N–H and O–H groups in total. The van der Waals surface area contributed by atoms with E-state index in [2.05, 4.69) is 0 Å². The summed E-state index contributed by atoms with van der Waals surface area (Å²) in [6.07, 6.45) is 0. The van der Waals surface area contributed by atoms with Crippen molar-refractivity contribution in [3.8, 4) is 33.9 Å². The monoisotopic (exact) mass is 393 g/mol. The van der Waals surface area contributed by atoms with E-state index in [4.69, 9.17) is 31.2 Å². The molecular weight excluding hydrogens is 374 g/mol. The maximum Gasteiger partial charge on any atom is 0.164 e. The Kier molecular flexibility index (Phi) is 4.69. The van der Waals surface area contributed by atoms with Crippen LogP contribution in [0.4, 0.5) is 0 Å². The number of fused-ring (bicyclic) bond motifs is 1. The van der Waals surface area contributed by atoms with Gasteiger partial charge in [-0.05, 0) is 49.7 Å². The van der Waals surface area contributed by atoms with E-state index in [1.807, 2.05) is 66.9 Å². The Morgan fingerprint density at radius 2 is 1.54 bits per heavy atom. The first-order valence-corrected chi connectivity index (χ1v) is 9.25. The minimum Gasteiger partial charge on any atom is -0.493 e. The smallest absolute Gasteiger partial charge is 0.164 e. The second kappa shape index (κ2) is 7.17. The van der Waals surface area contributed by atoms with Gasteiger partial charge in [-0.3, -0.25) is 0 Å². The Morgan fingerprint density at radius 3 is 2.21 bits per heavy atom. The minimum absolute atomic E-state index is 0.671. The zero-order chi connectivity index (χ0) is 19.8. The van der Waals surface area contributed by atoms with Gasteiger partial charge < -0.3 is 9.47 Å². The molecule has 142 valence electrons. The van der Waals surface area contributed by atoms with Crippen LogP contribution in [-0.4, -0.2) is 28.8 Å². The highest BCUT2D eigenvalue weighted by atomic mass is 35.5. The first kappa shape index (κ1) is 18.3. The summed E-state index contributed by atoms with van der Waals surface area (Å²) < 4.78 is 12.7. The first-order valence-electron chi connectivity index (χ1n) is 8.87. The number of aryl methyl sites for hydroxylation is 2. The molecule has 2 heterocycles. The molecule has 0 saturated carbocycles. The van der Waals surface area contributed by atoms with E-state index < -0.39 is 0 Å². The predicted octanol–water partition coefficient (Wildman–Crippen LogP) is 5.35. The van der Waals surface area contributed by atoms with Crippen LogP contribution in [-0.2, 0) is 0 Å². The topological polar surface area (TPSA) is 48.7 Å². The lowest BCUT2D eigenvalue weighted by Crippen LogP contribution is -1.98. The van der Waals surface area contributed by atoms with E-state index in [0.29, 0.717) is 16.5 Å². The number of hydrogen-bond acceptors (Lipinski definition) is 4. The van der Waals surface area contributed by atoms with Crippen molar-refractivity contribution in [2.45, 2.75) is 13.8 Å². The highest BCUT2D eigenvalue weighted by molar-refractivity contribution is 6.30. The van der Waals surface area contributed by atoms with Gasteiger partial charge in [-0.2, -0.15) is 5.10 Å². The standard InChI is InChI=1S/C22H20ClN3O2/c1-13-11-18(15-5-8-17(23)9-6-15)26-22(24-13)21(14(2)25-26)16-7-10-19(27-3)20(12-16)28-4/h5-12H,1-4H3. The molecule has 0 fully saturated rings. The van der Waals surface area contributed by atoms with E-state index in [1.54, 1.807) is 14.2 Å². The average molecular weight is 394 g/mol. The van der Waals surface area contributed by atoms with Crippen molar-refractivity contribution in [1.82, 2.24) is 14.6 Å². The van der Waals surface area contributed by atoms with Crippen molar-refractivity contribution in [1.29, 1.82) is 0 Å².